The number of ether oxygens (including phenoxy) is 1. The van der Waals surface area contributed by atoms with E-state index in [0.29, 0.717) is 48.9 Å². The van der Waals surface area contributed by atoms with E-state index in [1.165, 1.54) is 6.08 Å². The van der Waals surface area contributed by atoms with Crippen LogP contribution in [0, 0.1) is 11.8 Å². The zero-order chi connectivity index (χ0) is 24.1. The van der Waals surface area contributed by atoms with Crippen molar-refractivity contribution in [1.29, 1.82) is 0 Å². The number of aromatic amines is 1. The Balaban J connectivity index is 1.48. The van der Waals surface area contributed by atoms with Crippen LogP contribution >= 0.6 is 0 Å². The molecule has 0 aromatic carbocycles. The summed E-state index contributed by atoms with van der Waals surface area (Å²) in [4.78, 5) is 19.4. The van der Waals surface area contributed by atoms with Gasteiger partial charge in [-0.25, -0.2) is 9.37 Å². The summed E-state index contributed by atoms with van der Waals surface area (Å²) < 4.78 is 23.0. The molecular weight excluding hydrogens is 449 g/mol. The number of anilines is 1. The van der Waals surface area contributed by atoms with Gasteiger partial charge in [0.1, 0.15) is 11.6 Å². The first-order valence-electron chi connectivity index (χ1n) is 12.1. The lowest BCUT2D eigenvalue weighted by Crippen LogP contribution is -2.44. The minimum absolute atomic E-state index is 0.00475. The van der Waals surface area contributed by atoms with Crippen molar-refractivity contribution in [2.24, 2.45) is 11.8 Å². The van der Waals surface area contributed by atoms with E-state index in [4.69, 9.17) is 9.72 Å². The summed E-state index contributed by atoms with van der Waals surface area (Å²) in [6.07, 6.45) is 7.30. The van der Waals surface area contributed by atoms with Gasteiger partial charge in [0.2, 0.25) is 5.91 Å². The number of aromatic nitrogens is 5. The van der Waals surface area contributed by atoms with Crippen molar-refractivity contribution in [2.45, 2.75) is 39.2 Å². The topological polar surface area (TPSA) is 101 Å². The van der Waals surface area contributed by atoms with Crippen LogP contribution < -0.4 is 10.2 Å². The molecule has 182 valence electrons. The minimum atomic E-state index is -0.337. The first kappa shape index (κ1) is 22.0. The molecule has 2 N–H and O–H groups in total. The number of allylic oxidation sites excluding steroid dienone is 4. The molecule has 2 fully saturated rings. The lowest BCUT2D eigenvalue weighted by molar-refractivity contribution is -0.121. The zero-order valence-corrected chi connectivity index (χ0v) is 19.8. The highest BCUT2D eigenvalue weighted by molar-refractivity contribution is 5.94. The van der Waals surface area contributed by atoms with Gasteiger partial charge in [0.15, 0.2) is 11.5 Å². The smallest absolute Gasteiger partial charge is 0.227 e. The van der Waals surface area contributed by atoms with E-state index in [1.54, 1.807) is 17.1 Å². The van der Waals surface area contributed by atoms with Gasteiger partial charge in [-0.2, -0.15) is 14.9 Å². The van der Waals surface area contributed by atoms with Gasteiger partial charge in [-0.3, -0.25) is 9.89 Å². The van der Waals surface area contributed by atoms with E-state index in [1.807, 2.05) is 19.1 Å². The number of hydrogen-bond acceptors (Lipinski definition) is 6. The molecular formula is C25H28FN7O2. The predicted octanol–water partition coefficient (Wildman–Crippen LogP) is 3.50. The molecule has 1 amide bonds. The van der Waals surface area contributed by atoms with E-state index in [2.05, 4.69) is 32.4 Å². The largest absolute Gasteiger partial charge is 0.377 e. The van der Waals surface area contributed by atoms with E-state index >= 15 is 4.39 Å². The maximum atomic E-state index is 15.7. The van der Waals surface area contributed by atoms with Gasteiger partial charge in [0, 0.05) is 35.8 Å². The molecule has 0 bridgehead atoms. The molecule has 35 heavy (non-hydrogen) atoms. The number of carbonyl (C=O) groups is 1. The Morgan fingerprint density at radius 3 is 2.86 bits per heavy atom. The first-order chi connectivity index (χ1) is 17.0. The van der Waals surface area contributed by atoms with Crippen molar-refractivity contribution in [3.8, 4) is 5.82 Å². The van der Waals surface area contributed by atoms with Crippen LogP contribution in [0.1, 0.15) is 38.7 Å². The molecule has 0 spiro atoms. The molecule has 3 aromatic heterocycles. The molecule has 1 unspecified atom stereocenters. The third kappa shape index (κ3) is 4.01. The Bertz CT molecular complexity index is 1340. The second-order valence-electron chi connectivity index (χ2n) is 9.67. The van der Waals surface area contributed by atoms with Gasteiger partial charge >= 0.3 is 0 Å². The Hall–Kier alpha value is -3.53. The number of carbonyl (C=O) groups excluding carboxylic acids is 1. The highest BCUT2D eigenvalue weighted by atomic mass is 19.1. The molecule has 6 rings (SSSR count). The Labute approximate surface area is 202 Å². The molecule has 2 aliphatic carbocycles. The van der Waals surface area contributed by atoms with Crippen molar-refractivity contribution in [2.75, 3.05) is 24.7 Å². The summed E-state index contributed by atoms with van der Waals surface area (Å²) in [7, 11) is 0. The number of nitrogens with one attached hydrogen (secondary N) is 2. The second-order valence-corrected chi connectivity index (χ2v) is 9.67. The molecule has 3 aromatic rings. The number of fused-ring (bicyclic) bond motifs is 1. The fraction of sp³-hybridized carbons (Fsp3) is 0.440. The SMILES string of the molecule is CC1CC(NC(=O)C2CC2)=CC(F)=C1c1cc(N2CCOC[C@H]2C)nc2c1cnn2-c1cc[nH]n1. The van der Waals surface area contributed by atoms with E-state index < -0.39 is 0 Å². The number of H-pyrrole nitrogens is 1. The quantitative estimate of drug-likeness (QED) is 0.583. The van der Waals surface area contributed by atoms with E-state index in [0.717, 1.165) is 29.6 Å². The fourth-order valence-corrected chi connectivity index (χ4v) is 5.01. The second kappa shape index (κ2) is 8.60. The number of pyridine rings is 1. The van der Waals surface area contributed by atoms with Crippen LogP contribution in [0.2, 0.25) is 0 Å². The van der Waals surface area contributed by atoms with Crippen LogP contribution in [-0.2, 0) is 9.53 Å². The van der Waals surface area contributed by atoms with Crippen molar-refractivity contribution in [3.05, 3.63) is 47.7 Å². The van der Waals surface area contributed by atoms with Crippen LogP contribution in [0.5, 0.6) is 0 Å². The maximum absolute atomic E-state index is 15.7. The molecule has 1 aliphatic heterocycles. The third-order valence-electron chi connectivity index (χ3n) is 6.99. The lowest BCUT2D eigenvalue weighted by atomic mass is 9.85. The van der Waals surface area contributed by atoms with Crippen molar-refractivity contribution in [3.63, 3.8) is 0 Å². The van der Waals surface area contributed by atoms with Gasteiger partial charge in [0.05, 0.1) is 25.5 Å². The van der Waals surface area contributed by atoms with Crippen LogP contribution in [0.15, 0.2) is 42.1 Å². The highest BCUT2D eigenvalue weighted by Crippen LogP contribution is 2.41. The minimum Gasteiger partial charge on any atom is -0.377 e. The van der Waals surface area contributed by atoms with Gasteiger partial charge in [-0.1, -0.05) is 6.92 Å². The normalized spacial score (nSPS) is 23.1. The average molecular weight is 478 g/mol. The summed E-state index contributed by atoms with van der Waals surface area (Å²) in [5.41, 5.74) is 2.62. The molecule has 3 aliphatic rings. The zero-order valence-electron chi connectivity index (χ0n) is 19.8. The maximum Gasteiger partial charge on any atom is 0.227 e. The average Bonchev–Trinajstić information content (AvgIpc) is 3.38. The summed E-state index contributed by atoms with van der Waals surface area (Å²) >= 11 is 0. The van der Waals surface area contributed by atoms with Crippen LogP contribution in [0.25, 0.3) is 22.4 Å². The first-order valence-corrected chi connectivity index (χ1v) is 12.1. The molecule has 1 saturated carbocycles. The van der Waals surface area contributed by atoms with Crippen molar-refractivity contribution >= 4 is 28.3 Å². The Morgan fingerprint density at radius 1 is 1.29 bits per heavy atom. The predicted molar refractivity (Wildman–Crippen MR) is 129 cm³/mol. The monoisotopic (exact) mass is 477 g/mol. The number of hydrogen-bond donors (Lipinski definition) is 2. The van der Waals surface area contributed by atoms with Gasteiger partial charge in [-0.05, 0) is 55.4 Å². The van der Waals surface area contributed by atoms with Crippen molar-refractivity contribution in [1.82, 2.24) is 30.3 Å². The molecule has 0 radical (unpaired) electrons. The van der Waals surface area contributed by atoms with Crippen LogP contribution in [0.3, 0.4) is 0 Å². The molecule has 2 atom stereocenters. The standard InChI is InChI=1S/C25H28FN7O2/c1-14-9-17(29-25(34)16-3-4-16)10-20(26)23(14)18-11-22(32-7-8-35-13-15(32)2)30-24-19(18)12-28-33(24)21-5-6-27-31-21/h5-6,10-12,14-16H,3-4,7-9,13H2,1-2H3,(H,27,31)(H,29,34)/t14?,15-/m1/s1. The molecule has 10 heteroatoms. The number of halogens is 1. The van der Waals surface area contributed by atoms with Gasteiger partial charge < -0.3 is 15.0 Å². The molecule has 4 heterocycles. The fourth-order valence-electron chi connectivity index (χ4n) is 5.01. The van der Waals surface area contributed by atoms with Crippen LogP contribution in [-0.4, -0.2) is 56.7 Å². The number of rotatable bonds is 5. The van der Waals surface area contributed by atoms with Crippen LogP contribution in [0.4, 0.5) is 10.2 Å². The summed E-state index contributed by atoms with van der Waals surface area (Å²) in [5.74, 6) is 0.964. The number of morpholine rings is 1. The summed E-state index contributed by atoms with van der Waals surface area (Å²) in [6, 6.07) is 3.92. The number of amides is 1. The Morgan fingerprint density at radius 2 is 2.14 bits per heavy atom. The van der Waals surface area contributed by atoms with Crippen molar-refractivity contribution < 1.29 is 13.9 Å². The van der Waals surface area contributed by atoms with Gasteiger partial charge in [-0.15, -0.1) is 0 Å². The summed E-state index contributed by atoms with van der Waals surface area (Å²) in [6.45, 7) is 6.00. The molecule has 9 nitrogen and oxygen atoms in total. The highest BCUT2D eigenvalue weighted by Gasteiger charge is 2.32. The van der Waals surface area contributed by atoms with E-state index in [9.17, 15) is 4.79 Å². The lowest BCUT2D eigenvalue weighted by Gasteiger charge is -2.35. The Kier molecular flexibility index (Phi) is 5.40. The number of nitrogens with zero attached hydrogens (tertiary/aromatic N) is 5. The third-order valence-corrected chi connectivity index (χ3v) is 6.99. The molecule has 1 saturated heterocycles. The van der Waals surface area contributed by atoms with E-state index in [-0.39, 0.29) is 29.6 Å². The summed E-state index contributed by atoms with van der Waals surface area (Å²) in [5, 5.41) is 15.3. The van der Waals surface area contributed by atoms with Gasteiger partial charge in [0.25, 0.3) is 0 Å².